The Bertz CT molecular complexity index is 2800. The highest BCUT2D eigenvalue weighted by molar-refractivity contribution is 6.18. The summed E-state index contributed by atoms with van der Waals surface area (Å²) in [6, 6.07) is 62.4. The summed E-state index contributed by atoms with van der Waals surface area (Å²) in [6.45, 7) is 0. The first-order chi connectivity index (χ1) is 26.2. The summed E-state index contributed by atoms with van der Waals surface area (Å²) in [5, 5.41) is 4.23. The topological polar surface area (TPSA) is 64.7 Å². The van der Waals surface area contributed by atoms with Gasteiger partial charge in [-0.15, -0.1) is 0 Å². The number of hydrogen-bond acceptors (Lipinski definition) is 5. The van der Waals surface area contributed by atoms with Crippen LogP contribution in [0.3, 0.4) is 0 Å². The molecule has 0 saturated carbocycles. The second-order valence-corrected chi connectivity index (χ2v) is 13.1. The molecule has 2 aromatic heterocycles. The monoisotopic (exact) mass is 678 g/mol. The fourth-order valence-electron chi connectivity index (χ4n) is 7.01. The molecule has 10 aromatic rings. The summed E-state index contributed by atoms with van der Waals surface area (Å²) in [5.41, 5.74) is 9.83. The molecule has 8 aromatic carbocycles. The van der Waals surface area contributed by atoms with Crippen molar-refractivity contribution in [3.63, 3.8) is 0 Å². The minimum absolute atomic E-state index is 0.595. The molecule has 0 radical (unpaired) electrons. The fraction of sp³-hybridized carbons (Fsp3) is 0. The maximum atomic E-state index is 6.51. The molecule has 0 saturated heterocycles. The van der Waals surface area contributed by atoms with Gasteiger partial charge in [0.2, 0.25) is 5.89 Å². The van der Waals surface area contributed by atoms with Gasteiger partial charge in [-0.05, 0) is 62.7 Å². The Morgan fingerprint density at radius 1 is 0.321 bits per heavy atom. The molecule has 248 valence electrons. The van der Waals surface area contributed by atoms with Crippen molar-refractivity contribution in [1.82, 2.24) is 19.9 Å². The first kappa shape index (κ1) is 30.6. The van der Waals surface area contributed by atoms with Gasteiger partial charge in [-0.3, -0.25) is 0 Å². The van der Waals surface area contributed by atoms with E-state index in [2.05, 4.69) is 133 Å². The fourth-order valence-corrected chi connectivity index (χ4v) is 7.01. The molecule has 0 bridgehead atoms. The summed E-state index contributed by atoms with van der Waals surface area (Å²) in [4.78, 5) is 20.1. The number of hydrogen-bond donors (Lipinski definition) is 0. The summed E-state index contributed by atoms with van der Waals surface area (Å²) in [6.07, 6.45) is 0. The van der Waals surface area contributed by atoms with E-state index in [1.54, 1.807) is 0 Å². The van der Waals surface area contributed by atoms with Crippen LogP contribution in [0.1, 0.15) is 0 Å². The summed E-state index contributed by atoms with van der Waals surface area (Å²) in [7, 11) is 0. The molecule has 0 aliphatic rings. The van der Waals surface area contributed by atoms with Crippen molar-refractivity contribution in [2.75, 3.05) is 0 Å². The lowest BCUT2D eigenvalue weighted by atomic mass is 9.99. The third-order valence-electron chi connectivity index (χ3n) is 9.77. The van der Waals surface area contributed by atoms with E-state index in [0.29, 0.717) is 23.4 Å². The lowest BCUT2D eigenvalue weighted by Crippen LogP contribution is -2.00. The Balaban J connectivity index is 1.13. The van der Waals surface area contributed by atoms with Crippen LogP contribution in [0.25, 0.3) is 101 Å². The molecule has 0 aliphatic carbocycles. The molecule has 53 heavy (non-hydrogen) atoms. The van der Waals surface area contributed by atoms with Crippen LogP contribution < -0.4 is 0 Å². The van der Waals surface area contributed by atoms with Gasteiger partial charge in [0.05, 0.1) is 0 Å². The van der Waals surface area contributed by atoms with Crippen molar-refractivity contribution < 1.29 is 4.42 Å². The average molecular weight is 679 g/mol. The third-order valence-corrected chi connectivity index (χ3v) is 9.77. The van der Waals surface area contributed by atoms with Crippen molar-refractivity contribution in [3.8, 4) is 67.9 Å². The molecule has 10 rings (SSSR count). The van der Waals surface area contributed by atoms with E-state index in [0.717, 1.165) is 77.2 Å². The highest BCUT2D eigenvalue weighted by atomic mass is 16.3. The lowest BCUT2D eigenvalue weighted by Gasteiger charge is -2.11. The van der Waals surface area contributed by atoms with Crippen LogP contribution >= 0.6 is 0 Å². The summed E-state index contributed by atoms with van der Waals surface area (Å²) in [5.74, 6) is 2.42. The Morgan fingerprint density at radius 3 is 1.30 bits per heavy atom. The number of rotatable bonds is 6. The Hall–Kier alpha value is -7.24. The highest BCUT2D eigenvalue weighted by Gasteiger charge is 2.17. The molecule has 0 N–H and O–H groups in total. The zero-order valence-electron chi connectivity index (χ0n) is 28.5. The van der Waals surface area contributed by atoms with E-state index in [1.165, 1.54) is 0 Å². The number of fused-ring (bicyclic) bond motifs is 5. The number of aromatic nitrogens is 4. The maximum absolute atomic E-state index is 6.51. The Labute approximate surface area is 305 Å². The van der Waals surface area contributed by atoms with Crippen molar-refractivity contribution in [3.05, 3.63) is 182 Å². The minimum Gasteiger partial charge on any atom is -0.435 e. The Morgan fingerprint density at radius 2 is 0.736 bits per heavy atom. The average Bonchev–Trinajstić information content (AvgIpc) is 3.69. The summed E-state index contributed by atoms with van der Waals surface area (Å²) >= 11 is 0. The van der Waals surface area contributed by atoms with E-state index in [-0.39, 0.29) is 0 Å². The molecule has 5 nitrogen and oxygen atoms in total. The van der Waals surface area contributed by atoms with Gasteiger partial charge in [0.15, 0.2) is 23.1 Å². The number of oxazole rings is 1. The first-order valence-corrected chi connectivity index (χ1v) is 17.6. The molecular formula is C48H30N4O. The quantitative estimate of drug-likeness (QED) is 0.164. The van der Waals surface area contributed by atoms with Crippen LogP contribution in [0.5, 0.6) is 0 Å². The predicted molar refractivity (Wildman–Crippen MR) is 215 cm³/mol. The van der Waals surface area contributed by atoms with Crippen molar-refractivity contribution in [1.29, 1.82) is 0 Å². The standard InChI is InChI=1S/C48H30N4O/c1-4-10-31(11-5-1)33-16-23-37(24-17-33)45-50-46(38-25-18-34(19-26-38)32-12-6-2-7-13-32)52-47(51-45)40-27-21-35-20-22-36-28-29-42-44(43(36)41(35)30-40)53-48(49-42)39-14-8-3-9-15-39/h1-30H. The molecule has 2 heterocycles. The zero-order chi connectivity index (χ0) is 35.1. The second kappa shape index (κ2) is 12.8. The number of benzene rings is 8. The molecule has 0 aliphatic heterocycles. The Kier molecular flexibility index (Phi) is 7.40. The first-order valence-electron chi connectivity index (χ1n) is 17.6. The van der Waals surface area contributed by atoms with Gasteiger partial charge in [0.25, 0.3) is 0 Å². The largest absolute Gasteiger partial charge is 0.435 e. The van der Waals surface area contributed by atoms with Gasteiger partial charge in [0, 0.05) is 27.6 Å². The van der Waals surface area contributed by atoms with Crippen LogP contribution in [-0.4, -0.2) is 19.9 Å². The SMILES string of the molecule is c1ccc(-c2ccc(-c3nc(-c4ccc(-c5ccccc5)cc4)nc(-c4ccc5ccc6ccc7nc(-c8ccccc8)oc7c6c5c4)n3)cc2)cc1. The smallest absolute Gasteiger partial charge is 0.227 e. The van der Waals surface area contributed by atoms with E-state index in [4.69, 9.17) is 24.4 Å². The van der Waals surface area contributed by atoms with E-state index >= 15 is 0 Å². The van der Waals surface area contributed by atoms with E-state index in [1.807, 2.05) is 48.5 Å². The second-order valence-electron chi connectivity index (χ2n) is 13.1. The number of nitrogens with zero attached hydrogens (tertiary/aromatic N) is 4. The molecule has 0 spiro atoms. The molecular weight excluding hydrogens is 649 g/mol. The maximum Gasteiger partial charge on any atom is 0.227 e. The van der Waals surface area contributed by atoms with Crippen LogP contribution in [0.15, 0.2) is 186 Å². The molecule has 0 atom stereocenters. The lowest BCUT2D eigenvalue weighted by molar-refractivity contribution is 0.623. The zero-order valence-corrected chi connectivity index (χ0v) is 28.5. The van der Waals surface area contributed by atoms with Crippen LogP contribution in [0, 0.1) is 0 Å². The third kappa shape index (κ3) is 5.71. The van der Waals surface area contributed by atoms with Gasteiger partial charge in [-0.1, -0.05) is 158 Å². The van der Waals surface area contributed by atoms with Gasteiger partial charge in [-0.25, -0.2) is 19.9 Å². The summed E-state index contributed by atoms with van der Waals surface area (Å²) < 4.78 is 6.51. The van der Waals surface area contributed by atoms with Crippen LogP contribution in [0.4, 0.5) is 0 Å². The molecule has 0 amide bonds. The van der Waals surface area contributed by atoms with E-state index < -0.39 is 0 Å². The normalized spacial score (nSPS) is 11.4. The van der Waals surface area contributed by atoms with Gasteiger partial charge in [0.1, 0.15) is 5.52 Å². The predicted octanol–water partition coefficient (Wildman–Crippen LogP) is 12.3. The van der Waals surface area contributed by atoms with Gasteiger partial charge >= 0.3 is 0 Å². The van der Waals surface area contributed by atoms with Crippen molar-refractivity contribution >= 4 is 32.6 Å². The van der Waals surface area contributed by atoms with Crippen molar-refractivity contribution in [2.45, 2.75) is 0 Å². The van der Waals surface area contributed by atoms with Crippen molar-refractivity contribution in [2.24, 2.45) is 0 Å². The van der Waals surface area contributed by atoms with Crippen LogP contribution in [-0.2, 0) is 0 Å². The molecule has 0 fully saturated rings. The van der Waals surface area contributed by atoms with Crippen LogP contribution in [0.2, 0.25) is 0 Å². The van der Waals surface area contributed by atoms with Gasteiger partial charge < -0.3 is 4.42 Å². The van der Waals surface area contributed by atoms with E-state index in [9.17, 15) is 0 Å². The highest BCUT2D eigenvalue weighted by Crippen LogP contribution is 2.37. The minimum atomic E-state index is 0.595. The molecule has 5 heteroatoms. The van der Waals surface area contributed by atoms with Gasteiger partial charge in [-0.2, -0.15) is 0 Å². The molecule has 0 unspecified atom stereocenters.